The summed E-state index contributed by atoms with van der Waals surface area (Å²) in [5.74, 6) is 0. The van der Waals surface area contributed by atoms with Crippen molar-refractivity contribution in [1.82, 2.24) is 0 Å². The first-order chi connectivity index (χ1) is 3.39. The zero-order valence-corrected chi connectivity index (χ0v) is 5.79. The Balaban J connectivity index is 2.82. The zero-order valence-electron chi connectivity index (χ0n) is 3.91. The Kier molecular flexibility index (Phi) is 1.61. The Morgan fingerprint density at radius 1 is 1.14 bits per heavy atom. The van der Waals surface area contributed by atoms with E-state index in [1.807, 2.05) is 18.2 Å². The van der Waals surface area contributed by atoms with Gasteiger partial charge < -0.3 is 0 Å². The average Bonchev–Trinajstić information content (AvgIpc) is 1.69. The Hall–Kier alpha value is -0.132. The summed E-state index contributed by atoms with van der Waals surface area (Å²) in [5.41, 5.74) is 0. The van der Waals surface area contributed by atoms with Gasteiger partial charge in [-0.2, -0.15) is 0 Å². The Labute approximate surface area is 47.5 Å². The van der Waals surface area contributed by atoms with Crippen LogP contribution in [0, 0.1) is 0 Å². The summed E-state index contributed by atoms with van der Waals surface area (Å²) in [6.07, 6.45) is 6.03. The van der Waals surface area contributed by atoms with E-state index in [0.29, 0.717) is 0 Å². The monoisotopic (exact) mass is 156 g/mol. The zero-order chi connectivity index (χ0) is 5.11. The molecule has 0 aromatic rings. The second-order valence-corrected chi connectivity index (χ2v) is 4.45. The van der Waals surface area contributed by atoms with E-state index in [2.05, 4.69) is 9.67 Å². The first-order valence-electron chi connectivity index (χ1n) is 2.11. The summed E-state index contributed by atoms with van der Waals surface area (Å²) in [6, 6.07) is 0. The van der Waals surface area contributed by atoms with Crippen molar-refractivity contribution < 1.29 is 0 Å². The van der Waals surface area contributed by atoms with Crippen LogP contribution in [0.3, 0.4) is 0 Å². The minimum absolute atomic E-state index is 1.04. The maximum absolute atomic E-state index is 5.59. The van der Waals surface area contributed by atoms with Gasteiger partial charge in [-0.15, -0.1) is 0 Å². The molecule has 37 valence electrons. The quantitative estimate of drug-likeness (QED) is 0.490. The molecule has 0 spiro atoms. The molecule has 1 atom stereocenters. The number of hydrogen-bond donors (Lipinski definition) is 1. The summed E-state index contributed by atoms with van der Waals surface area (Å²) < 4.78 is 5.59. The minimum atomic E-state index is -1.04. The molecule has 2 N–H and O–H groups in total. The molecule has 0 aliphatic carbocycles. The van der Waals surface area contributed by atoms with Gasteiger partial charge in [-0.25, -0.2) is 0 Å². The summed E-state index contributed by atoms with van der Waals surface area (Å²) in [6.45, 7) is 0. The maximum atomic E-state index is 5.59. The third kappa shape index (κ3) is 1.42. The number of allylic oxidation sites excluding steroid dienone is 3. The average molecular weight is 156 g/mol. The molecule has 0 saturated carbocycles. The topological polar surface area (TPSA) is 26.0 Å². The summed E-state index contributed by atoms with van der Waals surface area (Å²) in [4.78, 5) is 4.18. The second-order valence-electron chi connectivity index (χ2n) is 1.32. The third-order valence-electron chi connectivity index (χ3n) is 0.739. The second kappa shape index (κ2) is 2.25. The standard InChI is InChI=1S/C5H7AsN/c7-6-4-2-1-3-5-6/h1-5H,7H2. The van der Waals surface area contributed by atoms with Crippen LogP contribution in [-0.4, -0.2) is 19.2 Å². The van der Waals surface area contributed by atoms with E-state index in [0.717, 1.165) is 0 Å². The van der Waals surface area contributed by atoms with Crippen LogP contribution in [0.4, 0.5) is 0 Å². The molecule has 1 heterocycles. The molecular formula is C5H7AsN. The van der Waals surface area contributed by atoms with Crippen LogP contribution in [0.15, 0.2) is 23.1 Å². The van der Waals surface area contributed by atoms with Crippen LogP contribution in [0.5, 0.6) is 0 Å². The van der Waals surface area contributed by atoms with Crippen LogP contribution < -0.4 is 4.65 Å². The van der Waals surface area contributed by atoms with Gasteiger partial charge in [0.25, 0.3) is 0 Å². The van der Waals surface area contributed by atoms with E-state index in [1.165, 1.54) is 0 Å². The van der Waals surface area contributed by atoms with Gasteiger partial charge in [-0.05, 0) is 0 Å². The molecule has 0 saturated heterocycles. The van der Waals surface area contributed by atoms with Crippen molar-refractivity contribution in [3.63, 3.8) is 0 Å². The molecular weight excluding hydrogens is 149 g/mol. The fourth-order valence-electron chi connectivity index (χ4n) is 0.412. The molecule has 1 rings (SSSR count). The van der Waals surface area contributed by atoms with Crippen molar-refractivity contribution in [2.45, 2.75) is 0 Å². The summed E-state index contributed by atoms with van der Waals surface area (Å²) >= 11 is -1.04. The van der Waals surface area contributed by atoms with Gasteiger partial charge in [0.2, 0.25) is 0 Å². The molecule has 0 aromatic heterocycles. The van der Waals surface area contributed by atoms with Crippen LogP contribution in [0.2, 0.25) is 0 Å². The van der Waals surface area contributed by atoms with Crippen LogP contribution >= 0.6 is 0 Å². The molecule has 1 aliphatic rings. The predicted octanol–water partition coefficient (Wildman–Crippen LogP) is -0.0143. The Morgan fingerprint density at radius 3 is 2.29 bits per heavy atom. The van der Waals surface area contributed by atoms with Crippen molar-refractivity contribution in [2.24, 2.45) is 4.65 Å². The molecule has 1 aliphatic heterocycles. The van der Waals surface area contributed by atoms with Crippen molar-refractivity contribution in [1.29, 1.82) is 0 Å². The fourth-order valence-corrected chi connectivity index (χ4v) is 1.87. The summed E-state index contributed by atoms with van der Waals surface area (Å²) in [5, 5.41) is 0. The molecule has 1 unspecified atom stereocenters. The van der Waals surface area contributed by atoms with E-state index >= 15 is 0 Å². The molecule has 0 bridgehead atoms. The van der Waals surface area contributed by atoms with Gasteiger partial charge in [0.05, 0.1) is 0 Å². The normalized spacial score (nSPS) is 22.1. The van der Waals surface area contributed by atoms with Gasteiger partial charge in [-0.1, -0.05) is 0 Å². The Morgan fingerprint density at radius 2 is 2.00 bits per heavy atom. The van der Waals surface area contributed by atoms with E-state index in [-0.39, 0.29) is 0 Å². The Bertz CT molecular complexity index is 144. The number of hydrogen-bond acceptors (Lipinski definition) is 1. The molecule has 7 heavy (non-hydrogen) atoms. The van der Waals surface area contributed by atoms with Crippen LogP contribution in [0.1, 0.15) is 0 Å². The molecule has 1 radical (unpaired) electrons. The molecule has 1 nitrogen and oxygen atoms in total. The van der Waals surface area contributed by atoms with Crippen LogP contribution in [-0.2, 0) is 0 Å². The molecule has 0 aromatic carbocycles. The predicted molar refractivity (Wildman–Crippen MR) is 34.3 cm³/mol. The van der Waals surface area contributed by atoms with Crippen LogP contribution in [0.25, 0.3) is 0 Å². The molecule has 0 fully saturated rings. The van der Waals surface area contributed by atoms with Gasteiger partial charge in [0.15, 0.2) is 0 Å². The van der Waals surface area contributed by atoms with E-state index in [9.17, 15) is 0 Å². The first kappa shape index (κ1) is 5.01. The molecule has 0 amide bonds. The molecule has 2 heteroatoms. The number of nitrogens with two attached hydrogens (primary N) is 1. The van der Waals surface area contributed by atoms with Gasteiger partial charge in [0, 0.05) is 0 Å². The fraction of sp³-hybridized carbons (Fsp3) is 0. The third-order valence-corrected chi connectivity index (χ3v) is 2.91. The van der Waals surface area contributed by atoms with Crippen molar-refractivity contribution in [3.05, 3.63) is 23.1 Å². The van der Waals surface area contributed by atoms with Crippen molar-refractivity contribution in [2.75, 3.05) is 0 Å². The van der Waals surface area contributed by atoms with Crippen molar-refractivity contribution in [3.8, 4) is 0 Å². The number of rotatable bonds is 0. The van der Waals surface area contributed by atoms with E-state index < -0.39 is 14.4 Å². The van der Waals surface area contributed by atoms with E-state index in [4.69, 9.17) is 4.65 Å². The van der Waals surface area contributed by atoms with Crippen molar-refractivity contribution >= 4 is 19.2 Å². The van der Waals surface area contributed by atoms with Gasteiger partial charge >= 0.3 is 47.0 Å². The SMILES string of the molecule is N[As]1=CC=CC=C1. The van der Waals surface area contributed by atoms with Gasteiger partial charge in [0.1, 0.15) is 0 Å². The van der Waals surface area contributed by atoms with Gasteiger partial charge in [-0.3, -0.25) is 0 Å². The first-order valence-corrected chi connectivity index (χ1v) is 5.36. The van der Waals surface area contributed by atoms with E-state index in [1.54, 1.807) is 0 Å². The summed E-state index contributed by atoms with van der Waals surface area (Å²) in [7, 11) is 0.